The van der Waals surface area contributed by atoms with Crippen LogP contribution in [0.5, 0.6) is 0 Å². The second-order valence-corrected chi connectivity index (χ2v) is 6.90. The first-order valence-corrected chi connectivity index (χ1v) is 9.68. The maximum atomic E-state index is 12.3. The predicted octanol–water partition coefficient (Wildman–Crippen LogP) is 3.03. The van der Waals surface area contributed by atoms with Crippen LogP contribution in [0.25, 0.3) is 0 Å². The van der Waals surface area contributed by atoms with Crippen LogP contribution in [0.1, 0.15) is 35.5 Å². The Morgan fingerprint density at radius 1 is 1.22 bits per heavy atom. The van der Waals surface area contributed by atoms with Gasteiger partial charge in [0.05, 0.1) is 11.5 Å². The van der Waals surface area contributed by atoms with Gasteiger partial charge in [0, 0.05) is 11.6 Å². The molecule has 0 aliphatic carbocycles. The highest BCUT2D eigenvalue weighted by atomic mass is 32.2. The van der Waals surface area contributed by atoms with Crippen molar-refractivity contribution in [3.8, 4) is 0 Å². The third-order valence-corrected chi connectivity index (χ3v) is 4.58. The fourth-order valence-corrected chi connectivity index (χ4v) is 2.85. The molecule has 8 heteroatoms. The Bertz CT molecular complexity index is 801. The number of ether oxygens (including phenoxy) is 1. The standard InChI is InChI=1S/C19H22N2O5S/c1-4-14-5-7-15(8-6-14)19(24)13(3)25-18(23)11-27-10-17(22)20-16-9-12(2)26-21-16/h5-9,13H,4,10-11H2,1-3H3,(H,20,21,22)/t13-/m0/s1. The van der Waals surface area contributed by atoms with Crippen LogP contribution in [0, 0.1) is 6.92 Å². The van der Waals surface area contributed by atoms with E-state index in [1.54, 1.807) is 25.1 Å². The summed E-state index contributed by atoms with van der Waals surface area (Å²) in [5, 5.41) is 6.21. The van der Waals surface area contributed by atoms with Gasteiger partial charge in [0.2, 0.25) is 11.7 Å². The molecule has 0 saturated carbocycles. The summed E-state index contributed by atoms with van der Waals surface area (Å²) in [6.45, 7) is 5.29. The molecule has 0 radical (unpaired) electrons. The van der Waals surface area contributed by atoms with Crippen molar-refractivity contribution in [2.24, 2.45) is 0 Å². The summed E-state index contributed by atoms with van der Waals surface area (Å²) in [4.78, 5) is 35.9. The molecule has 27 heavy (non-hydrogen) atoms. The Morgan fingerprint density at radius 3 is 2.52 bits per heavy atom. The number of hydrogen-bond donors (Lipinski definition) is 1. The molecule has 0 aliphatic heterocycles. The Labute approximate surface area is 161 Å². The number of anilines is 1. The van der Waals surface area contributed by atoms with Crippen LogP contribution >= 0.6 is 11.8 Å². The zero-order valence-electron chi connectivity index (χ0n) is 15.5. The predicted molar refractivity (Wildman–Crippen MR) is 103 cm³/mol. The smallest absolute Gasteiger partial charge is 0.316 e. The Morgan fingerprint density at radius 2 is 1.93 bits per heavy atom. The number of nitrogens with zero attached hydrogens (tertiary/aromatic N) is 1. The summed E-state index contributed by atoms with van der Waals surface area (Å²) in [6, 6.07) is 8.82. The van der Waals surface area contributed by atoms with Crippen LogP contribution < -0.4 is 5.32 Å². The van der Waals surface area contributed by atoms with E-state index in [2.05, 4.69) is 10.5 Å². The summed E-state index contributed by atoms with van der Waals surface area (Å²) >= 11 is 1.09. The lowest BCUT2D eigenvalue weighted by Crippen LogP contribution is -2.25. The van der Waals surface area contributed by atoms with Gasteiger partial charge in [-0.3, -0.25) is 14.4 Å². The van der Waals surface area contributed by atoms with E-state index in [1.165, 1.54) is 6.92 Å². The van der Waals surface area contributed by atoms with Gasteiger partial charge in [0.15, 0.2) is 11.9 Å². The second kappa shape index (κ2) is 9.91. The van der Waals surface area contributed by atoms with E-state index in [9.17, 15) is 14.4 Å². The number of nitrogens with one attached hydrogen (secondary N) is 1. The lowest BCUT2D eigenvalue weighted by atomic mass is 10.0. The molecule has 0 unspecified atom stereocenters. The molecule has 1 amide bonds. The Balaban J connectivity index is 1.72. The number of aryl methyl sites for hydroxylation is 2. The van der Waals surface area contributed by atoms with Crippen LogP contribution in [0.2, 0.25) is 0 Å². The average Bonchev–Trinajstić information content (AvgIpc) is 3.05. The molecule has 1 aromatic carbocycles. The molecule has 2 aromatic rings. The molecule has 7 nitrogen and oxygen atoms in total. The number of aromatic nitrogens is 1. The number of esters is 1. The Kier molecular flexibility index (Phi) is 7.60. The van der Waals surface area contributed by atoms with Gasteiger partial charge in [-0.05, 0) is 25.8 Å². The van der Waals surface area contributed by atoms with E-state index in [1.807, 2.05) is 19.1 Å². The molecule has 1 aromatic heterocycles. The van der Waals surface area contributed by atoms with Gasteiger partial charge in [-0.25, -0.2) is 0 Å². The summed E-state index contributed by atoms with van der Waals surface area (Å²) < 4.78 is 10.0. The average molecular weight is 390 g/mol. The van der Waals surface area contributed by atoms with Gasteiger partial charge in [0.1, 0.15) is 5.76 Å². The Hall–Kier alpha value is -2.61. The van der Waals surface area contributed by atoms with Crippen molar-refractivity contribution in [2.75, 3.05) is 16.8 Å². The van der Waals surface area contributed by atoms with Crippen molar-refractivity contribution in [3.05, 3.63) is 47.2 Å². The van der Waals surface area contributed by atoms with Gasteiger partial charge in [-0.2, -0.15) is 0 Å². The number of ketones is 1. The van der Waals surface area contributed by atoms with Crippen LogP contribution in [0.3, 0.4) is 0 Å². The molecule has 0 spiro atoms. The lowest BCUT2D eigenvalue weighted by molar-refractivity contribution is -0.143. The molecule has 1 heterocycles. The summed E-state index contributed by atoms with van der Waals surface area (Å²) in [6.07, 6.45) is 0.0117. The van der Waals surface area contributed by atoms with Gasteiger partial charge in [0.25, 0.3) is 0 Å². The topological polar surface area (TPSA) is 98.5 Å². The minimum Gasteiger partial charge on any atom is -0.454 e. The van der Waals surface area contributed by atoms with Crippen LogP contribution in [0.15, 0.2) is 34.9 Å². The number of rotatable bonds is 9. The molecule has 0 bridgehead atoms. The van der Waals surface area contributed by atoms with E-state index < -0.39 is 12.1 Å². The highest BCUT2D eigenvalue weighted by molar-refractivity contribution is 8.00. The molecule has 0 aliphatic rings. The molecule has 0 fully saturated rings. The van der Waals surface area contributed by atoms with Crippen molar-refractivity contribution in [2.45, 2.75) is 33.3 Å². The van der Waals surface area contributed by atoms with E-state index in [-0.39, 0.29) is 23.2 Å². The normalized spacial score (nSPS) is 11.7. The van der Waals surface area contributed by atoms with Crippen molar-refractivity contribution >= 4 is 35.2 Å². The molecule has 1 atom stereocenters. The minimum absolute atomic E-state index is 0.0301. The third kappa shape index (κ3) is 6.56. The summed E-state index contributed by atoms with van der Waals surface area (Å²) in [5.74, 6) is -0.162. The molecule has 1 N–H and O–H groups in total. The zero-order valence-corrected chi connectivity index (χ0v) is 16.3. The summed E-state index contributed by atoms with van der Waals surface area (Å²) in [7, 11) is 0. The molecule has 2 rings (SSSR count). The molecule has 0 saturated heterocycles. The van der Waals surface area contributed by atoms with Gasteiger partial charge in [-0.15, -0.1) is 11.8 Å². The number of carbonyl (C=O) groups is 3. The number of hydrogen-bond acceptors (Lipinski definition) is 7. The minimum atomic E-state index is -0.877. The molecular formula is C19H22N2O5S. The van der Waals surface area contributed by atoms with E-state index in [4.69, 9.17) is 9.26 Å². The molecule has 144 valence electrons. The maximum Gasteiger partial charge on any atom is 0.316 e. The first-order valence-electron chi connectivity index (χ1n) is 8.52. The SMILES string of the molecule is CCc1ccc(C(=O)[C@H](C)OC(=O)CSCC(=O)Nc2cc(C)on2)cc1. The van der Waals surface area contributed by atoms with E-state index >= 15 is 0 Å². The number of benzene rings is 1. The van der Waals surface area contributed by atoms with Crippen molar-refractivity contribution in [3.63, 3.8) is 0 Å². The van der Waals surface area contributed by atoms with Crippen molar-refractivity contribution < 1.29 is 23.6 Å². The molecular weight excluding hydrogens is 368 g/mol. The van der Waals surface area contributed by atoms with Crippen LogP contribution in [-0.4, -0.2) is 40.4 Å². The van der Waals surface area contributed by atoms with E-state index in [0.29, 0.717) is 17.1 Å². The number of Topliss-reactive ketones (excluding diaryl/α,β-unsaturated/α-hetero) is 1. The highest BCUT2D eigenvalue weighted by Crippen LogP contribution is 2.12. The van der Waals surface area contributed by atoms with Crippen molar-refractivity contribution in [1.82, 2.24) is 5.16 Å². The fraction of sp³-hybridized carbons (Fsp3) is 0.368. The third-order valence-electron chi connectivity index (χ3n) is 3.67. The monoisotopic (exact) mass is 390 g/mol. The first-order chi connectivity index (χ1) is 12.9. The number of carbonyl (C=O) groups excluding carboxylic acids is 3. The van der Waals surface area contributed by atoms with Crippen LogP contribution in [0.4, 0.5) is 5.82 Å². The zero-order chi connectivity index (χ0) is 19.8. The van der Waals surface area contributed by atoms with Crippen LogP contribution in [-0.2, 0) is 20.7 Å². The fourth-order valence-electron chi connectivity index (χ4n) is 2.26. The van der Waals surface area contributed by atoms with E-state index in [0.717, 1.165) is 23.7 Å². The highest BCUT2D eigenvalue weighted by Gasteiger charge is 2.19. The quantitative estimate of drug-likeness (QED) is 0.519. The van der Waals surface area contributed by atoms with Crippen molar-refractivity contribution in [1.29, 1.82) is 0 Å². The van der Waals surface area contributed by atoms with Gasteiger partial charge < -0.3 is 14.6 Å². The first kappa shape index (κ1) is 20.7. The largest absolute Gasteiger partial charge is 0.454 e. The maximum absolute atomic E-state index is 12.3. The number of amides is 1. The number of thioether (sulfide) groups is 1. The summed E-state index contributed by atoms with van der Waals surface area (Å²) in [5.41, 5.74) is 1.63. The van der Waals surface area contributed by atoms with Gasteiger partial charge in [-0.1, -0.05) is 36.3 Å². The lowest BCUT2D eigenvalue weighted by Gasteiger charge is -2.12. The second-order valence-electron chi connectivity index (χ2n) is 5.91. The van der Waals surface area contributed by atoms with Gasteiger partial charge >= 0.3 is 5.97 Å².